The van der Waals surface area contributed by atoms with Crippen LogP contribution in [0.4, 0.5) is 4.79 Å². The van der Waals surface area contributed by atoms with Crippen molar-refractivity contribution in [2.45, 2.75) is 25.9 Å². The minimum atomic E-state index is -1.28. The zero-order valence-electron chi connectivity index (χ0n) is 12.7. The summed E-state index contributed by atoms with van der Waals surface area (Å²) in [7, 11) is 23.1. The average Bonchev–Trinajstić information content (AvgIpc) is 2.83. The van der Waals surface area contributed by atoms with Crippen LogP contribution in [0.5, 0.6) is 0 Å². The van der Waals surface area contributed by atoms with Crippen LogP contribution in [0.15, 0.2) is 0 Å². The summed E-state index contributed by atoms with van der Waals surface area (Å²) >= 11 is 5.89. The fraction of sp³-hybridized carbons (Fsp3) is 0.308. The molecular weight excluding hydrogens is 329 g/mol. The Balaban J connectivity index is 2.18. The number of hydrogen-bond acceptors (Lipinski definition) is 5. The third-order valence-corrected chi connectivity index (χ3v) is 3.89. The fourth-order valence-corrected chi connectivity index (χ4v) is 2.42. The van der Waals surface area contributed by atoms with Gasteiger partial charge in [0.1, 0.15) is 37.5 Å². The van der Waals surface area contributed by atoms with E-state index in [1.807, 2.05) is 0 Å². The van der Waals surface area contributed by atoms with Crippen LogP contribution in [0, 0.1) is 0 Å². The van der Waals surface area contributed by atoms with E-state index in [1.54, 1.807) is 0 Å². The minimum Gasteiger partial charge on any atom is -0.425 e. The number of halogens is 1. The van der Waals surface area contributed by atoms with Crippen LogP contribution in [-0.4, -0.2) is 54.4 Å². The Morgan fingerprint density at radius 2 is 1.50 bits per heavy atom. The standard InChI is InChI=1S/C13H8B4ClNO5/c1-4(7-8(14)10(16)12(18)11(17)9(7)15)23-13(22)24-19-5(20)2-3-6(19)21/h4H,2-3H2,1H3. The van der Waals surface area contributed by atoms with Gasteiger partial charge in [-0.15, -0.1) is 0 Å². The molecule has 11 heteroatoms. The molecule has 1 unspecified atom stereocenters. The maximum atomic E-state index is 11.8. The Morgan fingerprint density at radius 1 is 1.04 bits per heavy atom. The van der Waals surface area contributed by atoms with Crippen LogP contribution in [0.1, 0.15) is 31.4 Å². The summed E-state index contributed by atoms with van der Waals surface area (Å²) in [5, 5.41) is 0.351. The lowest BCUT2D eigenvalue weighted by molar-refractivity contribution is -0.178. The minimum absolute atomic E-state index is 0.000301. The first-order chi connectivity index (χ1) is 11.1. The summed E-state index contributed by atoms with van der Waals surface area (Å²) in [6.45, 7) is 1.43. The molecule has 1 aliphatic heterocycles. The molecule has 0 saturated carbocycles. The van der Waals surface area contributed by atoms with E-state index in [2.05, 4.69) is 4.84 Å². The smallest absolute Gasteiger partial charge is 0.425 e. The molecule has 1 aromatic carbocycles. The Hall–Kier alpha value is -1.82. The van der Waals surface area contributed by atoms with Gasteiger partial charge in [0.15, 0.2) is 0 Å². The molecule has 0 aliphatic carbocycles. The normalized spacial score (nSPS) is 15.5. The van der Waals surface area contributed by atoms with Gasteiger partial charge in [-0.2, -0.15) is 0 Å². The molecule has 1 aliphatic rings. The highest BCUT2D eigenvalue weighted by Gasteiger charge is 2.34. The molecule has 24 heavy (non-hydrogen) atoms. The maximum Gasteiger partial charge on any atom is 0.534 e. The van der Waals surface area contributed by atoms with Gasteiger partial charge in [0.2, 0.25) is 0 Å². The predicted molar refractivity (Wildman–Crippen MR) is 90.1 cm³/mol. The molecule has 114 valence electrons. The Labute approximate surface area is 148 Å². The van der Waals surface area contributed by atoms with E-state index < -0.39 is 24.1 Å². The molecule has 8 radical (unpaired) electrons. The lowest BCUT2D eigenvalue weighted by atomic mass is 9.66. The summed E-state index contributed by atoms with van der Waals surface area (Å²) in [5.41, 5.74) is 0.130. The number of benzene rings is 1. The van der Waals surface area contributed by atoms with Crippen molar-refractivity contribution in [1.82, 2.24) is 5.06 Å². The number of carbonyl (C=O) groups is 3. The second-order valence-electron chi connectivity index (χ2n) is 5.07. The molecule has 1 fully saturated rings. The van der Waals surface area contributed by atoms with Gasteiger partial charge in [-0.1, -0.05) is 38.5 Å². The molecule has 1 aromatic rings. The summed E-state index contributed by atoms with van der Waals surface area (Å²) in [4.78, 5) is 39.2. The second kappa shape index (κ2) is 6.97. The lowest BCUT2D eigenvalue weighted by Crippen LogP contribution is -2.46. The van der Waals surface area contributed by atoms with Crippen molar-refractivity contribution in [2.24, 2.45) is 0 Å². The molecule has 2 rings (SSSR count). The van der Waals surface area contributed by atoms with Gasteiger partial charge < -0.3 is 4.74 Å². The van der Waals surface area contributed by atoms with Crippen LogP contribution < -0.4 is 21.9 Å². The van der Waals surface area contributed by atoms with Crippen molar-refractivity contribution < 1.29 is 24.0 Å². The van der Waals surface area contributed by atoms with Gasteiger partial charge in [0.25, 0.3) is 11.8 Å². The largest absolute Gasteiger partial charge is 0.534 e. The lowest BCUT2D eigenvalue weighted by Gasteiger charge is -2.24. The number of amides is 2. The van der Waals surface area contributed by atoms with Crippen LogP contribution in [0.25, 0.3) is 0 Å². The Bertz CT molecular complexity index is 697. The number of hydroxylamine groups is 2. The topological polar surface area (TPSA) is 72.9 Å². The number of imide groups is 1. The van der Waals surface area contributed by atoms with Crippen molar-refractivity contribution in [3.05, 3.63) is 10.6 Å². The molecule has 0 N–H and O–H groups in total. The summed E-state index contributed by atoms with van der Waals surface area (Å²) in [6.07, 6.45) is -2.37. The molecule has 2 amide bonds. The van der Waals surface area contributed by atoms with Gasteiger partial charge in [-0.25, -0.2) is 4.79 Å². The van der Waals surface area contributed by atoms with Gasteiger partial charge in [0, 0.05) is 17.9 Å². The first-order valence-corrected chi connectivity index (χ1v) is 7.18. The van der Waals surface area contributed by atoms with Gasteiger partial charge >= 0.3 is 6.16 Å². The van der Waals surface area contributed by atoms with Crippen molar-refractivity contribution in [2.75, 3.05) is 0 Å². The molecule has 0 spiro atoms. The van der Waals surface area contributed by atoms with Gasteiger partial charge in [-0.3, -0.25) is 14.4 Å². The molecule has 6 nitrogen and oxygen atoms in total. The van der Waals surface area contributed by atoms with Crippen molar-refractivity contribution in [3.8, 4) is 0 Å². The summed E-state index contributed by atoms with van der Waals surface area (Å²) in [5.74, 6) is -1.27. The van der Waals surface area contributed by atoms with Crippen LogP contribution in [0.3, 0.4) is 0 Å². The maximum absolute atomic E-state index is 11.8. The number of carbonyl (C=O) groups excluding carboxylic acids is 3. The zero-order valence-corrected chi connectivity index (χ0v) is 13.4. The first kappa shape index (κ1) is 18.5. The zero-order chi connectivity index (χ0) is 18.2. The van der Waals surface area contributed by atoms with Crippen LogP contribution in [-0.2, 0) is 19.2 Å². The average molecular weight is 337 g/mol. The Kier molecular flexibility index (Phi) is 5.38. The molecule has 1 saturated heterocycles. The summed E-state index contributed by atoms with van der Waals surface area (Å²) in [6, 6.07) is 0. The highest BCUT2D eigenvalue weighted by atomic mass is 35.5. The Morgan fingerprint density at radius 3 is 1.96 bits per heavy atom. The van der Waals surface area contributed by atoms with Gasteiger partial charge in [-0.05, 0) is 12.5 Å². The number of nitrogens with zero attached hydrogens (tertiary/aromatic N) is 1. The first-order valence-electron chi connectivity index (χ1n) is 6.80. The number of ether oxygens (including phenoxy) is 1. The van der Waals surface area contributed by atoms with E-state index in [-0.39, 0.29) is 45.3 Å². The monoisotopic (exact) mass is 337 g/mol. The molecule has 1 heterocycles. The fourth-order valence-electron chi connectivity index (χ4n) is 2.21. The second-order valence-corrected chi connectivity index (χ2v) is 5.44. The highest BCUT2D eigenvalue weighted by molar-refractivity contribution is 6.64. The predicted octanol–water partition coefficient (Wildman–Crippen LogP) is -2.21. The van der Waals surface area contributed by atoms with E-state index in [0.717, 1.165) is 0 Å². The van der Waals surface area contributed by atoms with E-state index in [1.165, 1.54) is 6.92 Å². The van der Waals surface area contributed by atoms with E-state index in [0.29, 0.717) is 5.06 Å². The molecule has 1 atom stereocenters. The number of rotatable bonds is 3. The SMILES string of the molecule is [B]c1c([B])c(C(C)OC(=O)ON2C(=O)CCC2=O)c([B])c([B])c1Cl. The molecule has 0 aromatic heterocycles. The quantitative estimate of drug-likeness (QED) is 0.356. The third kappa shape index (κ3) is 3.33. The van der Waals surface area contributed by atoms with E-state index >= 15 is 0 Å². The van der Waals surface area contributed by atoms with Crippen LogP contribution in [0.2, 0.25) is 5.02 Å². The molecule has 0 bridgehead atoms. The van der Waals surface area contributed by atoms with Crippen molar-refractivity contribution in [3.63, 3.8) is 0 Å². The van der Waals surface area contributed by atoms with Gasteiger partial charge in [0.05, 0.1) is 0 Å². The van der Waals surface area contributed by atoms with E-state index in [4.69, 9.17) is 47.7 Å². The van der Waals surface area contributed by atoms with E-state index in [9.17, 15) is 14.4 Å². The molecular formula is C13H8B4ClNO5. The van der Waals surface area contributed by atoms with Crippen LogP contribution >= 0.6 is 11.6 Å². The number of hydrogen-bond donors (Lipinski definition) is 0. The van der Waals surface area contributed by atoms with Crippen molar-refractivity contribution in [1.29, 1.82) is 0 Å². The highest BCUT2D eigenvalue weighted by Crippen LogP contribution is 2.17. The third-order valence-electron chi connectivity index (χ3n) is 3.48. The van der Waals surface area contributed by atoms with Crippen molar-refractivity contribution >= 4 is 82.8 Å². The summed E-state index contributed by atoms with van der Waals surface area (Å²) < 4.78 is 4.99.